The third-order valence-corrected chi connectivity index (χ3v) is 4.14. The number of anilines is 2. The molecular formula is C18H25N5O2. The Balaban J connectivity index is 1.88. The van der Waals surface area contributed by atoms with Gasteiger partial charge in [-0.05, 0) is 17.7 Å². The molecule has 3 rings (SSSR count). The molecule has 25 heavy (non-hydrogen) atoms. The van der Waals surface area contributed by atoms with Crippen molar-refractivity contribution in [1.82, 2.24) is 15.0 Å². The van der Waals surface area contributed by atoms with Gasteiger partial charge in [-0.3, -0.25) is 0 Å². The second-order valence-electron chi connectivity index (χ2n) is 6.74. The maximum absolute atomic E-state index is 9.71. The van der Waals surface area contributed by atoms with Gasteiger partial charge in [-0.25, -0.2) is 0 Å². The molecule has 2 aromatic rings. The van der Waals surface area contributed by atoms with Crippen LogP contribution in [0.25, 0.3) is 0 Å². The van der Waals surface area contributed by atoms with Gasteiger partial charge in [-0.2, -0.15) is 15.0 Å². The van der Waals surface area contributed by atoms with E-state index in [1.807, 2.05) is 31.1 Å². The predicted molar refractivity (Wildman–Crippen MR) is 97.3 cm³/mol. The molecule has 1 fully saturated rings. The summed E-state index contributed by atoms with van der Waals surface area (Å²) in [5.74, 6) is 2.60. The zero-order valence-electron chi connectivity index (χ0n) is 15.2. The van der Waals surface area contributed by atoms with Crippen molar-refractivity contribution in [2.75, 3.05) is 43.6 Å². The Morgan fingerprint density at radius 1 is 1.24 bits per heavy atom. The van der Waals surface area contributed by atoms with E-state index in [9.17, 15) is 5.11 Å². The highest BCUT2D eigenvalue weighted by atomic mass is 16.5. The Morgan fingerprint density at radius 3 is 2.72 bits per heavy atom. The molecule has 1 aromatic carbocycles. The standard InChI is InChI=1S/C18H25N5O2/c1-12(2)16-19-17(22(3)4)21-18(20-16)23-8-9-25-15(11-23)13-6-5-7-14(24)10-13/h5-7,10,12,15,24H,8-9,11H2,1-4H3. The molecule has 1 unspecified atom stereocenters. The third kappa shape index (κ3) is 3.99. The van der Waals surface area contributed by atoms with Gasteiger partial charge in [0.05, 0.1) is 13.2 Å². The second kappa shape index (κ2) is 7.23. The number of morpholine rings is 1. The van der Waals surface area contributed by atoms with Crippen LogP contribution in [0.1, 0.15) is 37.3 Å². The van der Waals surface area contributed by atoms with Gasteiger partial charge in [-0.15, -0.1) is 0 Å². The Bertz CT molecular complexity index is 709. The van der Waals surface area contributed by atoms with E-state index in [4.69, 9.17) is 4.74 Å². The Morgan fingerprint density at radius 2 is 2.04 bits per heavy atom. The highest BCUT2D eigenvalue weighted by molar-refractivity contribution is 5.40. The molecule has 0 aliphatic carbocycles. The molecule has 0 spiro atoms. The number of phenolic OH excluding ortho intramolecular Hbond substituents is 1. The lowest BCUT2D eigenvalue weighted by atomic mass is 10.1. The van der Waals surface area contributed by atoms with Gasteiger partial charge in [-0.1, -0.05) is 26.0 Å². The number of hydrogen-bond acceptors (Lipinski definition) is 7. The molecule has 7 nitrogen and oxygen atoms in total. The first-order chi connectivity index (χ1) is 11.9. The van der Waals surface area contributed by atoms with Crippen molar-refractivity contribution in [3.05, 3.63) is 35.7 Å². The van der Waals surface area contributed by atoms with Crippen LogP contribution in [0.15, 0.2) is 24.3 Å². The predicted octanol–water partition coefficient (Wildman–Crippen LogP) is 2.34. The first-order valence-corrected chi connectivity index (χ1v) is 8.53. The second-order valence-corrected chi connectivity index (χ2v) is 6.74. The number of hydrogen-bond donors (Lipinski definition) is 1. The first-order valence-electron chi connectivity index (χ1n) is 8.53. The molecule has 1 N–H and O–H groups in total. The Kier molecular flexibility index (Phi) is 5.03. The van der Waals surface area contributed by atoms with Crippen LogP contribution in [0.5, 0.6) is 5.75 Å². The van der Waals surface area contributed by atoms with Crippen LogP contribution in [-0.2, 0) is 4.74 Å². The van der Waals surface area contributed by atoms with E-state index < -0.39 is 0 Å². The lowest BCUT2D eigenvalue weighted by Gasteiger charge is -2.33. The fourth-order valence-electron chi connectivity index (χ4n) is 2.73. The summed E-state index contributed by atoms with van der Waals surface area (Å²) >= 11 is 0. The molecule has 1 saturated heterocycles. The molecule has 1 atom stereocenters. The first kappa shape index (κ1) is 17.4. The molecule has 134 valence electrons. The number of ether oxygens (including phenoxy) is 1. The molecule has 0 radical (unpaired) electrons. The lowest BCUT2D eigenvalue weighted by Crippen LogP contribution is -2.39. The van der Waals surface area contributed by atoms with Crippen molar-refractivity contribution in [2.24, 2.45) is 0 Å². The smallest absolute Gasteiger partial charge is 0.230 e. The van der Waals surface area contributed by atoms with Crippen molar-refractivity contribution < 1.29 is 9.84 Å². The van der Waals surface area contributed by atoms with Gasteiger partial charge in [0.1, 0.15) is 17.7 Å². The third-order valence-electron chi connectivity index (χ3n) is 4.14. The number of aromatic nitrogens is 3. The minimum absolute atomic E-state index is 0.122. The zero-order chi connectivity index (χ0) is 18.0. The molecule has 7 heteroatoms. The Hall–Kier alpha value is -2.41. The molecule has 1 aliphatic heterocycles. The average molecular weight is 343 g/mol. The summed E-state index contributed by atoms with van der Waals surface area (Å²) in [5.41, 5.74) is 0.954. The summed E-state index contributed by atoms with van der Waals surface area (Å²) in [6, 6.07) is 7.20. The summed E-state index contributed by atoms with van der Waals surface area (Å²) in [4.78, 5) is 17.8. The fourth-order valence-corrected chi connectivity index (χ4v) is 2.73. The van der Waals surface area contributed by atoms with Crippen LogP contribution in [0.3, 0.4) is 0 Å². The zero-order valence-corrected chi connectivity index (χ0v) is 15.2. The molecule has 0 bridgehead atoms. The van der Waals surface area contributed by atoms with E-state index in [2.05, 4.69) is 33.7 Å². The lowest BCUT2D eigenvalue weighted by molar-refractivity contribution is 0.0391. The number of rotatable bonds is 4. The van der Waals surface area contributed by atoms with Crippen molar-refractivity contribution >= 4 is 11.9 Å². The van der Waals surface area contributed by atoms with E-state index in [1.165, 1.54) is 0 Å². The van der Waals surface area contributed by atoms with Crippen LogP contribution in [0.2, 0.25) is 0 Å². The molecule has 2 heterocycles. The summed E-state index contributed by atoms with van der Waals surface area (Å²) in [7, 11) is 3.86. The van der Waals surface area contributed by atoms with Gasteiger partial charge in [0, 0.05) is 26.6 Å². The van der Waals surface area contributed by atoms with Gasteiger partial charge in [0.2, 0.25) is 11.9 Å². The molecule has 0 amide bonds. The number of aromatic hydroxyl groups is 1. The van der Waals surface area contributed by atoms with Crippen molar-refractivity contribution in [3.8, 4) is 5.75 Å². The van der Waals surface area contributed by atoms with E-state index in [0.717, 1.165) is 17.9 Å². The largest absolute Gasteiger partial charge is 0.508 e. The van der Waals surface area contributed by atoms with Crippen molar-refractivity contribution in [1.29, 1.82) is 0 Å². The topological polar surface area (TPSA) is 74.6 Å². The molecule has 1 aromatic heterocycles. The van der Waals surface area contributed by atoms with Crippen molar-refractivity contribution in [3.63, 3.8) is 0 Å². The van der Waals surface area contributed by atoms with Crippen LogP contribution >= 0.6 is 0 Å². The molecular weight excluding hydrogens is 318 g/mol. The summed E-state index contributed by atoms with van der Waals surface area (Å²) in [6.07, 6.45) is -0.122. The van der Waals surface area contributed by atoms with E-state index in [0.29, 0.717) is 25.0 Å². The monoisotopic (exact) mass is 343 g/mol. The van der Waals surface area contributed by atoms with Gasteiger partial charge in [0.25, 0.3) is 0 Å². The van der Waals surface area contributed by atoms with E-state index in [1.54, 1.807) is 12.1 Å². The van der Waals surface area contributed by atoms with Crippen molar-refractivity contribution in [2.45, 2.75) is 25.9 Å². The number of benzene rings is 1. The quantitative estimate of drug-likeness (QED) is 0.913. The van der Waals surface area contributed by atoms with Crippen LogP contribution in [-0.4, -0.2) is 53.9 Å². The summed E-state index contributed by atoms with van der Waals surface area (Å²) in [6.45, 7) is 6.10. The highest BCUT2D eigenvalue weighted by Gasteiger charge is 2.25. The van der Waals surface area contributed by atoms with Gasteiger partial charge in [0.15, 0.2) is 0 Å². The molecule has 0 saturated carbocycles. The SMILES string of the molecule is CC(C)c1nc(N(C)C)nc(N2CCOC(c3cccc(O)c3)C2)n1. The fraction of sp³-hybridized carbons (Fsp3) is 0.500. The van der Waals surface area contributed by atoms with Gasteiger partial charge >= 0.3 is 0 Å². The van der Waals surface area contributed by atoms with Crippen LogP contribution in [0, 0.1) is 0 Å². The molecule has 1 aliphatic rings. The van der Waals surface area contributed by atoms with Crippen LogP contribution < -0.4 is 9.80 Å². The van der Waals surface area contributed by atoms with Gasteiger partial charge < -0.3 is 19.6 Å². The maximum Gasteiger partial charge on any atom is 0.230 e. The van der Waals surface area contributed by atoms with E-state index in [-0.39, 0.29) is 17.8 Å². The normalized spacial score (nSPS) is 17.8. The minimum Gasteiger partial charge on any atom is -0.508 e. The average Bonchev–Trinajstić information content (AvgIpc) is 2.61. The number of nitrogens with zero attached hydrogens (tertiary/aromatic N) is 5. The summed E-state index contributed by atoms with van der Waals surface area (Å²) < 4.78 is 5.89. The maximum atomic E-state index is 9.71. The summed E-state index contributed by atoms with van der Waals surface area (Å²) in [5, 5.41) is 9.71. The minimum atomic E-state index is -0.122. The number of phenols is 1. The Labute approximate surface area is 148 Å². The highest BCUT2D eigenvalue weighted by Crippen LogP contribution is 2.27. The van der Waals surface area contributed by atoms with E-state index >= 15 is 0 Å². The van der Waals surface area contributed by atoms with Crippen LogP contribution in [0.4, 0.5) is 11.9 Å².